The first-order chi connectivity index (χ1) is 10.6. The summed E-state index contributed by atoms with van der Waals surface area (Å²) in [4.78, 5) is 10.2. The first-order valence-corrected chi connectivity index (χ1v) is 9.63. The van der Waals surface area contributed by atoms with Crippen LogP contribution >= 0.6 is 0 Å². The predicted molar refractivity (Wildman–Crippen MR) is 82.8 cm³/mol. The minimum absolute atomic E-state index is 0.0328. The number of rotatable bonds is 5. The molecular weight excluding hydrogens is 340 g/mol. The second-order valence-corrected chi connectivity index (χ2v) is 8.80. The summed E-state index contributed by atoms with van der Waals surface area (Å²) >= 11 is 0. The Kier molecular flexibility index (Phi) is 4.58. The van der Waals surface area contributed by atoms with Crippen molar-refractivity contribution in [2.45, 2.75) is 21.6 Å². The lowest BCUT2D eigenvalue weighted by Gasteiger charge is -2.10. The third-order valence-electron chi connectivity index (χ3n) is 3.17. The van der Waals surface area contributed by atoms with Crippen molar-refractivity contribution >= 4 is 25.6 Å². The van der Waals surface area contributed by atoms with Crippen LogP contribution < -0.4 is 0 Å². The fourth-order valence-electron chi connectivity index (χ4n) is 2.06. The van der Waals surface area contributed by atoms with Crippen LogP contribution in [-0.4, -0.2) is 33.7 Å². The van der Waals surface area contributed by atoms with Gasteiger partial charge in [0.25, 0.3) is 0 Å². The average Bonchev–Trinajstić information content (AvgIpc) is 2.47. The van der Waals surface area contributed by atoms with Gasteiger partial charge in [0.2, 0.25) is 9.84 Å². The largest absolute Gasteiger partial charge is 0.480 e. The predicted octanol–water partition coefficient (Wildman–Crippen LogP) is 1.69. The molecule has 8 heteroatoms. The van der Waals surface area contributed by atoms with Crippen LogP contribution in [0.3, 0.4) is 0 Å². The van der Waals surface area contributed by atoms with Crippen LogP contribution in [0.25, 0.3) is 0 Å². The molecule has 0 heterocycles. The second kappa shape index (κ2) is 6.13. The Morgan fingerprint density at radius 3 is 2.13 bits per heavy atom. The summed E-state index contributed by atoms with van der Waals surface area (Å²) in [7, 11) is -8.00. The van der Waals surface area contributed by atoms with E-state index in [0.717, 1.165) is 6.07 Å². The van der Waals surface area contributed by atoms with E-state index < -0.39 is 31.4 Å². The molecule has 2 aromatic carbocycles. The molecule has 0 atom stereocenters. The van der Waals surface area contributed by atoms with Crippen LogP contribution in [0.5, 0.6) is 0 Å². The van der Waals surface area contributed by atoms with E-state index in [0.29, 0.717) is 5.56 Å². The molecule has 0 saturated heterocycles. The molecule has 0 unspecified atom stereocenters. The van der Waals surface area contributed by atoms with Crippen molar-refractivity contribution in [1.82, 2.24) is 0 Å². The molecule has 0 bridgehead atoms. The van der Waals surface area contributed by atoms with E-state index in [2.05, 4.69) is 0 Å². The Hall–Kier alpha value is -2.19. The topological polar surface area (TPSA) is 106 Å². The van der Waals surface area contributed by atoms with E-state index in [4.69, 9.17) is 5.11 Å². The number of benzene rings is 2. The van der Waals surface area contributed by atoms with Crippen molar-refractivity contribution in [3.8, 4) is 0 Å². The quantitative estimate of drug-likeness (QED) is 0.876. The second-order valence-electron chi connectivity index (χ2n) is 4.90. The fourth-order valence-corrected chi connectivity index (χ4v) is 4.79. The zero-order valence-corrected chi connectivity index (χ0v) is 13.8. The summed E-state index contributed by atoms with van der Waals surface area (Å²) < 4.78 is 49.3. The van der Waals surface area contributed by atoms with Crippen molar-refractivity contribution in [2.75, 3.05) is 5.75 Å². The molecule has 23 heavy (non-hydrogen) atoms. The Bertz CT molecular complexity index is 945. The van der Waals surface area contributed by atoms with Gasteiger partial charge in [-0.2, -0.15) is 0 Å². The fraction of sp³-hybridized carbons (Fsp3) is 0.133. The number of carboxylic acids is 1. The molecule has 0 aromatic heterocycles. The van der Waals surface area contributed by atoms with Gasteiger partial charge in [0.15, 0.2) is 15.6 Å². The zero-order chi connectivity index (χ0) is 17.3. The third-order valence-corrected chi connectivity index (χ3v) is 6.68. The number of carbonyl (C=O) groups is 1. The average molecular weight is 354 g/mol. The molecule has 2 aromatic rings. The van der Waals surface area contributed by atoms with Crippen LogP contribution in [0.4, 0.5) is 0 Å². The van der Waals surface area contributed by atoms with Crippen molar-refractivity contribution in [3.05, 3.63) is 54.1 Å². The maximum absolute atomic E-state index is 12.5. The molecule has 0 saturated carbocycles. The highest BCUT2D eigenvalue weighted by atomic mass is 32.2. The van der Waals surface area contributed by atoms with Gasteiger partial charge in [-0.1, -0.05) is 24.3 Å². The number of aryl methyl sites for hydroxylation is 1. The lowest BCUT2D eigenvalue weighted by molar-refractivity contribution is -0.134. The normalized spacial score (nSPS) is 12.0. The number of aliphatic carboxylic acids is 1. The number of sulfone groups is 2. The Balaban J connectivity index is 2.61. The van der Waals surface area contributed by atoms with E-state index in [1.165, 1.54) is 31.2 Å². The van der Waals surface area contributed by atoms with Crippen molar-refractivity contribution in [2.24, 2.45) is 0 Å². The molecular formula is C15H14O6S2. The molecule has 0 aliphatic heterocycles. The molecule has 2 rings (SSSR count). The standard InChI is InChI=1S/C15H14O6S2/c1-11-7-8-13(9-14(11)22(18,19)10-15(16)17)23(20,21)12-5-3-2-4-6-12/h2-9H,10H2,1H3,(H,16,17). The van der Waals surface area contributed by atoms with E-state index in [1.807, 2.05) is 0 Å². The van der Waals surface area contributed by atoms with Gasteiger partial charge in [-0.3, -0.25) is 4.79 Å². The smallest absolute Gasteiger partial charge is 0.319 e. The Labute approximate surface area is 134 Å². The van der Waals surface area contributed by atoms with Crippen LogP contribution in [0.15, 0.2) is 63.2 Å². The lowest BCUT2D eigenvalue weighted by Crippen LogP contribution is -2.17. The molecule has 6 nitrogen and oxygen atoms in total. The summed E-state index contributed by atoms with van der Waals surface area (Å²) in [5, 5.41) is 8.71. The molecule has 0 aliphatic rings. The van der Waals surface area contributed by atoms with Crippen LogP contribution in [0.2, 0.25) is 0 Å². The van der Waals surface area contributed by atoms with Gasteiger partial charge in [0.1, 0.15) is 0 Å². The molecule has 0 fully saturated rings. The summed E-state index contributed by atoms with van der Waals surface area (Å²) in [5.41, 5.74) is 0.290. The van der Waals surface area contributed by atoms with Crippen molar-refractivity contribution < 1.29 is 26.7 Å². The highest BCUT2D eigenvalue weighted by Crippen LogP contribution is 2.25. The van der Waals surface area contributed by atoms with Gasteiger partial charge in [0, 0.05) is 0 Å². The molecule has 0 radical (unpaired) electrons. The summed E-state index contributed by atoms with van der Waals surface area (Å²) in [6.45, 7) is 1.48. The minimum Gasteiger partial charge on any atom is -0.480 e. The van der Waals surface area contributed by atoms with Gasteiger partial charge < -0.3 is 5.11 Å². The maximum atomic E-state index is 12.5. The Morgan fingerprint density at radius 2 is 1.57 bits per heavy atom. The molecule has 1 N–H and O–H groups in total. The summed E-state index contributed by atoms with van der Waals surface area (Å²) in [6.07, 6.45) is 0. The minimum atomic E-state index is -4.12. The first-order valence-electron chi connectivity index (χ1n) is 6.50. The Morgan fingerprint density at radius 1 is 0.957 bits per heavy atom. The van der Waals surface area contributed by atoms with E-state index in [1.54, 1.807) is 18.2 Å². The van der Waals surface area contributed by atoms with Crippen molar-refractivity contribution in [1.29, 1.82) is 0 Å². The number of carboxylic acid groups (broad SMARTS) is 1. The van der Waals surface area contributed by atoms with Gasteiger partial charge >= 0.3 is 5.97 Å². The molecule has 0 amide bonds. The number of hydrogen-bond acceptors (Lipinski definition) is 5. The van der Waals surface area contributed by atoms with Gasteiger partial charge in [-0.05, 0) is 36.8 Å². The van der Waals surface area contributed by atoms with E-state index in [-0.39, 0.29) is 14.7 Å². The first kappa shape index (κ1) is 17.2. The van der Waals surface area contributed by atoms with Gasteiger partial charge in [-0.25, -0.2) is 16.8 Å². The highest BCUT2D eigenvalue weighted by Gasteiger charge is 2.25. The summed E-state index contributed by atoms with van der Waals surface area (Å²) in [6, 6.07) is 11.3. The zero-order valence-electron chi connectivity index (χ0n) is 12.1. The van der Waals surface area contributed by atoms with Gasteiger partial charge in [-0.15, -0.1) is 0 Å². The third kappa shape index (κ3) is 3.59. The monoisotopic (exact) mass is 354 g/mol. The summed E-state index contributed by atoms with van der Waals surface area (Å²) in [5.74, 6) is -2.59. The molecule has 0 aliphatic carbocycles. The van der Waals surface area contributed by atoms with Gasteiger partial charge in [0.05, 0.1) is 14.7 Å². The lowest BCUT2D eigenvalue weighted by atomic mass is 10.2. The van der Waals surface area contributed by atoms with E-state index in [9.17, 15) is 21.6 Å². The van der Waals surface area contributed by atoms with E-state index >= 15 is 0 Å². The highest BCUT2D eigenvalue weighted by molar-refractivity contribution is 7.92. The maximum Gasteiger partial charge on any atom is 0.319 e. The van der Waals surface area contributed by atoms with Crippen LogP contribution in [0, 0.1) is 6.92 Å². The van der Waals surface area contributed by atoms with Crippen molar-refractivity contribution in [3.63, 3.8) is 0 Å². The molecule has 122 valence electrons. The van der Waals surface area contributed by atoms with Crippen LogP contribution in [0.1, 0.15) is 5.56 Å². The number of hydrogen-bond donors (Lipinski definition) is 1. The SMILES string of the molecule is Cc1ccc(S(=O)(=O)c2ccccc2)cc1S(=O)(=O)CC(=O)O. The molecule has 0 spiro atoms. The van der Waals surface area contributed by atoms with Crippen LogP contribution in [-0.2, 0) is 24.5 Å².